The number of hydrogen-bond acceptors (Lipinski definition) is 3. The van der Waals surface area contributed by atoms with Crippen molar-refractivity contribution in [2.24, 2.45) is 0 Å². The first-order valence-corrected chi connectivity index (χ1v) is 7.08. The Balaban J connectivity index is 2.33. The maximum absolute atomic E-state index is 13.5. The summed E-state index contributed by atoms with van der Waals surface area (Å²) in [5.74, 6) is -0.738. The van der Waals surface area contributed by atoms with E-state index in [4.69, 9.17) is 17.3 Å². The molecule has 0 atom stereocenters. The van der Waals surface area contributed by atoms with Crippen molar-refractivity contribution in [3.8, 4) is 0 Å². The standard InChI is InChI=1S/C12H10ClFN2O2S/c13-8-1-4-10(5-2-8)19(17,18)16-12-6-3-9(15)7-11(12)14/h1-7,16H,15H2. The largest absolute Gasteiger partial charge is 0.399 e. The number of nitrogens with two attached hydrogens (primary N) is 1. The van der Waals surface area contributed by atoms with Gasteiger partial charge in [-0.05, 0) is 42.5 Å². The summed E-state index contributed by atoms with van der Waals surface area (Å²) in [6.07, 6.45) is 0. The fraction of sp³-hybridized carbons (Fsp3) is 0. The van der Waals surface area contributed by atoms with Crippen molar-refractivity contribution in [1.82, 2.24) is 0 Å². The lowest BCUT2D eigenvalue weighted by Gasteiger charge is -2.09. The van der Waals surface area contributed by atoms with E-state index in [1.54, 1.807) is 0 Å². The summed E-state index contributed by atoms with van der Waals surface area (Å²) < 4.78 is 39.7. The molecule has 0 radical (unpaired) electrons. The van der Waals surface area contributed by atoms with Crippen LogP contribution in [0.4, 0.5) is 15.8 Å². The smallest absolute Gasteiger partial charge is 0.261 e. The Morgan fingerprint density at radius 3 is 2.32 bits per heavy atom. The summed E-state index contributed by atoms with van der Waals surface area (Å²) >= 11 is 5.68. The van der Waals surface area contributed by atoms with Gasteiger partial charge in [-0.2, -0.15) is 0 Å². The molecule has 4 nitrogen and oxygen atoms in total. The molecule has 0 spiro atoms. The van der Waals surface area contributed by atoms with Gasteiger partial charge in [-0.15, -0.1) is 0 Å². The molecule has 0 saturated carbocycles. The van der Waals surface area contributed by atoms with E-state index in [0.29, 0.717) is 5.02 Å². The van der Waals surface area contributed by atoms with Crippen molar-refractivity contribution >= 4 is 33.0 Å². The Hall–Kier alpha value is -1.79. The van der Waals surface area contributed by atoms with Crippen LogP contribution >= 0.6 is 11.6 Å². The Labute approximate surface area is 115 Å². The molecule has 7 heteroatoms. The van der Waals surface area contributed by atoms with E-state index in [-0.39, 0.29) is 16.3 Å². The quantitative estimate of drug-likeness (QED) is 0.856. The second kappa shape index (κ2) is 5.07. The monoisotopic (exact) mass is 300 g/mol. The molecule has 2 aromatic rings. The minimum Gasteiger partial charge on any atom is -0.399 e. The van der Waals surface area contributed by atoms with Crippen molar-refractivity contribution in [3.63, 3.8) is 0 Å². The number of nitrogen functional groups attached to an aromatic ring is 1. The molecular formula is C12H10ClFN2O2S. The maximum atomic E-state index is 13.5. The van der Waals surface area contributed by atoms with Crippen molar-refractivity contribution < 1.29 is 12.8 Å². The minimum absolute atomic E-state index is 0.00637. The van der Waals surface area contributed by atoms with Crippen molar-refractivity contribution in [2.45, 2.75) is 4.90 Å². The molecule has 0 amide bonds. The van der Waals surface area contributed by atoms with Gasteiger partial charge in [0.2, 0.25) is 0 Å². The van der Waals surface area contributed by atoms with E-state index in [0.717, 1.165) is 6.07 Å². The van der Waals surface area contributed by atoms with E-state index in [9.17, 15) is 12.8 Å². The molecule has 0 saturated heterocycles. The minimum atomic E-state index is -3.85. The molecule has 0 aliphatic rings. The fourth-order valence-electron chi connectivity index (χ4n) is 1.43. The van der Waals surface area contributed by atoms with Crippen LogP contribution in [0.2, 0.25) is 5.02 Å². The number of nitrogens with one attached hydrogen (secondary N) is 1. The van der Waals surface area contributed by atoms with Gasteiger partial charge in [-0.1, -0.05) is 11.6 Å². The number of benzene rings is 2. The predicted molar refractivity (Wildman–Crippen MR) is 73.1 cm³/mol. The van der Waals surface area contributed by atoms with Gasteiger partial charge < -0.3 is 5.73 Å². The van der Waals surface area contributed by atoms with Gasteiger partial charge in [0.05, 0.1) is 10.6 Å². The van der Waals surface area contributed by atoms with Gasteiger partial charge >= 0.3 is 0 Å². The lowest BCUT2D eigenvalue weighted by atomic mass is 10.3. The molecule has 3 N–H and O–H groups in total. The Morgan fingerprint density at radius 1 is 1.11 bits per heavy atom. The average Bonchev–Trinajstić information content (AvgIpc) is 2.33. The summed E-state index contributed by atoms with van der Waals surface area (Å²) in [5.41, 5.74) is 5.44. The Bertz CT molecular complexity index is 702. The van der Waals surface area contributed by atoms with Crippen molar-refractivity contribution in [3.05, 3.63) is 53.3 Å². The average molecular weight is 301 g/mol. The van der Waals surface area contributed by atoms with Crippen LogP contribution in [0.25, 0.3) is 0 Å². The molecule has 100 valence electrons. The summed E-state index contributed by atoms with van der Waals surface area (Å²) in [6.45, 7) is 0. The van der Waals surface area contributed by atoms with Crippen LogP contribution in [0.1, 0.15) is 0 Å². The molecule has 0 fully saturated rings. The van der Waals surface area contributed by atoms with E-state index in [2.05, 4.69) is 4.72 Å². The number of sulfonamides is 1. The molecule has 0 aliphatic carbocycles. The number of rotatable bonds is 3. The molecule has 0 heterocycles. The molecule has 0 aromatic heterocycles. The Kier molecular flexibility index (Phi) is 3.64. The van der Waals surface area contributed by atoms with Gasteiger partial charge in [0.25, 0.3) is 10.0 Å². The van der Waals surface area contributed by atoms with Gasteiger partial charge in [0, 0.05) is 10.7 Å². The molecule has 19 heavy (non-hydrogen) atoms. The maximum Gasteiger partial charge on any atom is 0.261 e. The van der Waals surface area contributed by atoms with Gasteiger partial charge in [0.1, 0.15) is 5.82 Å². The van der Waals surface area contributed by atoms with Crippen molar-refractivity contribution in [1.29, 1.82) is 0 Å². The lowest BCUT2D eigenvalue weighted by molar-refractivity contribution is 0.598. The zero-order valence-corrected chi connectivity index (χ0v) is 11.2. The third-order valence-corrected chi connectivity index (χ3v) is 3.99. The van der Waals surface area contributed by atoms with Crippen LogP contribution < -0.4 is 10.5 Å². The zero-order chi connectivity index (χ0) is 14.0. The fourth-order valence-corrected chi connectivity index (χ4v) is 2.62. The van der Waals surface area contributed by atoms with Gasteiger partial charge in [-0.25, -0.2) is 12.8 Å². The first-order chi connectivity index (χ1) is 8.88. The van der Waals surface area contributed by atoms with E-state index < -0.39 is 15.8 Å². The van der Waals surface area contributed by atoms with Crippen LogP contribution in [0.3, 0.4) is 0 Å². The first-order valence-electron chi connectivity index (χ1n) is 5.22. The van der Waals surface area contributed by atoms with Crippen molar-refractivity contribution in [2.75, 3.05) is 10.5 Å². The second-order valence-corrected chi connectivity index (χ2v) is 5.92. The van der Waals surface area contributed by atoms with E-state index in [1.165, 1.54) is 36.4 Å². The molecular weight excluding hydrogens is 291 g/mol. The highest BCUT2D eigenvalue weighted by molar-refractivity contribution is 7.92. The second-order valence-electron chi connectivity index (χ2n) is 3.80. The van der Waals surface area contributed by atoms with Crippen LogP contribution in [0.5, 0.6) is 0 Å². The van der Waals surface area contributed by atoms with E-state index in [1.807, 2.05) is 0 Å². The summed E-state index contributed by atoms with van der Waals surface area (Å²) in [7, 11) is -3.85. The van der Waals surface area contributed by atoms with E-state index >= 15 is 0 Å². The third-order valence-electron chi connectivity index (χ3n) is 2.36. The highest BCUT2D eigenvalue weighted by Gasteiger charge is 2.16. The molecule has 0 bridgehead atoms. The van der Waals surface area contributed by atoms with Crippen LogP contribution in [0, 0.1) is 5.82 Å². The SMILES string of the molecule is Nc1ccc(NS(=O)(=O)c2ccc(Cl)cc2)c(F)c1. The summed E-state index contributed by atoms with van der Waals surface area (Å²) in [5, 5.41) is 0.414. The topological polar surface area (TPSA) is 72.2 Å². The summed E-state index contributed by atoms with van der Waals surface area (Å²) in [6, 6.07) is 9.26. The van der Waals surface area contributed by atoms with Gasteiger partial charge in [-0.3, -0.25) is 4.72 Å². The Morgan fingerprint density at radius 2 is 1.74 bits per heavy atom. The molecule has 0 aliphatic heterocycles. The highest BCUT2D eigenvalue weighted by atomic mass is 35.5. The van der Waals surface area contributed by atoms with Crippen LogP contribution in [-0.4, -0.2) is 8.42 Å². The molecule has 0 unspecified atom stereocenters. The molecule has 2 aromatic carbocycles. The van der Waals surface area contributed by atoms with Crippen LogP contribution in [0.15, 0.2) is 47.4 Å². The number of halogens is 2. The normalized spacial score (nSPS) is 11.3. The predicted octanol–water partition coefficient (Wildman–Crippen LogP) is 2.86. The summed E-state index contributed by atoms with van der Waals surface area (Å²) in [4.78, 5) is -0.00637. The number of hydrogen-bond donors (Lipinski definition) is 2. The first kappa shape index (κ1) is 13.6. The zero-order valence-electron chi connectivity index (χ0n) is 9.60. The lowest BCUT2D eigenvalue weighted by Crippen LogP contribution is -2.14. The number of anilines is 2. The molecule has 2 rings (SSSR count). The van der Waals surface area contributed by atoms with Crippen LogP contribution in [-0.2, 0) is 10.0 Å². The highest BCUT2D eigenvalue weighted by Crippen LogP contribution is 2.21. The van der Waals surface area contributed by atoms with Gasteiger partial charge in [0.15, 0.2) is 0 Å². The third kappa shape index (κ3) is 3.15.